The van der Waals surface area contributed by atoms with E-state index < -0.39 is 0 Å². The van der Waals surface area contributed by atoms with Gasteiger partial charge in [-0.1, -0.05) is 164 Å². The van der Waals surface area contributed by atoms with Crippen LogP contribution in [0.2, 0.25) is 0 Å². The molecule has 8 aromatic carbocycles. The maximum atomic E-state index is 6.45. The molecule has 0 N–H and O–H groups in total. The molecule has 0 radical (unpaired) electrons. The second-order valence-electron chi connectivity index (χ2n) is 15.1. The van der Waals surface area contributed by atoms with Crippen molar-refractivity contribution in [3.05, 3.63) is 199 Å². The molecule has 0 amide bonds. The Labute approximate surface area is 323 Å². The molecule has 2 aliphatic rings. The third kappa shape index (κ3) is 4.63. The fourth-order valence-electron chi connectivity index (χ4n) is 9.61. The number of fused-ring (bicyclic) bond motifs is 10. The smallest absolute Gasteiger partial charge is 0.136 e. The number of furan rings is 2. The van der Waals surface area contributed by atoms with Gasteiger partial charge in [0, 0.05) is 33.6 Å². The molecule has 0 bridgehead atoms. The molecule has 0 aliphatic heterocycles. The van der Waals surface area contributed by atoms with E-state index in [0.29, 0.717) is 5.92 Å². The maximum Gasteiger partial charge on any atom is 0.136 e. The van der Waals surface area contributed by atoms with Gasteiger partial charge in [0.25, 0.3) is 0 Å². The first-order valence-corrected chi connectivity index (χ1v) is 19.4. The van der Waals surface area contributed by atoms with Crippen molar-refractivity contribution in [1.82, 2.24) is 0 Å². The van der Waals surface area contributed by atoms with Gasteiger partial charge in [0.1, 0.15) is 22.5 Å². The Bertz CT molecular complexity index is 3250. The summed E-state index contributed by atoms with van der Waals surface area (Å²) in [6, 6.07) is 57.2. The molecule has 2 unspecified atom stereocenters. The monoisotopic (exact) mass is 714 g/mol. The Balaban J connectivity index is 1.01. The van der Waals surface area contributed by atoms with Crippen molar-refractivity contribution in [3.63, 3.8) is 0 Å². The minimum atomic E-state index is 0.276. The van der Waals surface area contributed by atoms with Crippen molar-refractivity contribution in [2.45, 2.75) is 5.92 Å². The van der Waals surface area contributed by atoms with Crippen LogP contribution in [0, 0.1) is 5.92 Å². The minimum Gasteiger partial charge on any atom is -0.456 e. The van der Waals surface area contributed by atoms with Gasteiger partial charge >= 0.3 is 0 Å². The zero-order chi connectivity index (χ0) is 36.7. The third-order valence-corrected chi connectivity index (χ3v) is 12.0. The lowest BCUT2D eigenvalue weighted by Crippen LogP contribution is -2.12. The van der Waals surface area contributed by atoms with Gasteiger partial charge < -0.3 is 8.83 Å². The summed E-state index contributed by atoms with van der Waals surface area (Å²) in [5, 5.41) is 8.46. The molecule has 0 spiro atoms. The van der Waals surface area contributed by atoms with Gasteiger partial charge in [0.15, 0.2) is 0 Å². The van der Waals surface area contributed by atoms with Crippen LogP contribution < -0.4 is 0 Å². The molecule has 262 valence electrons. The summed E-state index contributed by atoms with van der Waals surface area (Å²) in [4.78, 5) is 0. The molecule has 2 atom stereocenters. The van der Waals surface area contributed by atoms with Crippen molar-refractivity contribution in [2.24, 2.45) is 5.92 Å². The van der Waals surface area contributed by atoms with Crippen LogP contribution in [0.1, 0.15) is 17.2 Å². The largest absolute Gasteiger partial charge is 0.456 e. The summed E-state index contributed by atoms with van der Waals surface area (Å²) in [6.07, 6.45) is 13.4. The molecule has 56 heavy (non-hydrogen) atoms. The van der Waals surface area contributed by atoms with Crippen LogP contribution in [0.4, 0.5) is 0 Å². The molecule has 2 aliphatic carbocycles. The van der Waals surface area contributed by atoms with Crippen molar-refractivity contribution in [1.29, 1.82) is 0 Å². The van der Waals surface area contributed by atoms with Gasteiger partial charge in [-0.15, -0.1) is 0 Å². The summed E-state index contributed by atoms with van der Waals surface area (Å²) in [7, 11) is 0. The van der Waals surface area contributed by atoms with Gasteiger partial charge in [-0.25, -0.2) is 0 Å². The van der Waals surface area contributed by atoms with Gasteiger partial charge in [-0.3, -0.25) is 0 Å². The van der Waals surface area contributed by atoms with Gasteiger partial charge in [-0.05, 0) is 96.4 Å². The molecule has 0 saturated carbocycles. The number of hydrogen-bond donors (Lipinski definition) is 0. The first kappa shape index (κ1) is 31.2. The van der Waals surface area contributed by atoms with E-state index in [9.17, 15) is 0 Å². The van der Waals surface area contributed by atoms with Crippen LogP contribution in [-0.2, 0) is 0 Å². The zero-order valence-corrected chi connectivity index (χ0v) is 30.4. The van der Waals surface area contributed by atoms with Gasteiger partial charge in [0.2, 0.25) is 0 Å². The summed E-state index contributed by atoms with van der Waals surface area (Å²) in [6.45, 7) is 0. The third-order valence-electron chi connectivity index (χ3n) is 12.0. The number of benzene rings is 8. The minimum absolute atomic E-state index is 0.276. The van der Waals surface area contributed by atoms with E-state index in [1.165, 1.54) is 77.0 Å². The first-order valence-electron chi connectivity index (χ1n) is 19.4. The average Bonchev–Trinajstić information content (AvgIpc) is 3.85. The molecule has 12 rings (SSSR count). The quantitative estimate of drug-likeness (QED) is 0.170. The fourth-order valence-corrected chi connectivity index (χ4v) is 9.61. The lowest BCUT2D eigenvalue weighted by Gasteiger charge is -2.25. The lowest BCUT2D eigenvalue weighted by molar-refractivity contribution is 0.578. The number of allylic oxidation sites excluding steroid dienone is 5. The highest BCUT2D eigenvalue weighted by molar-refractivity contribution is 6.22. The first-order chi connectivity index (χ1) is 27.8. The summed E-state index contributed by atoms with van der Waals surface area (Å²) >= 11 is 0. The Hall–Kier alpha value is -7.16. The highest BCUT2D eigenvalue weighted by atomic mass is 16.3. The van der Waals surface area contributed by atoms with Crippen LogP contribution in [0.3, 0.4) is 0 Å². The SMILES string of the molecule is C1=CC2C=Cc3oc4cccc(-c5ccc(-c6c7ccccc7c(-c7cccc(-c8cccc9oc%10ccccc%10c89)c7)c7ccccc67)cc5)c4c3C2C=C1. The second kappa shape index (κ2) is 12.2. The van der Waals surface area contributed by atoms with Crippen molar-refractivity contribution < 1.29 is 8.83 Å². The van der Waals surface area contributed by atoms with Crippen LogP contribution >= 0.6 is 0 Å². The average molecular weight is 715 g/mol. The number of para-hydroxylation sites is 1. The van der Waals surface area contributed by atoms with Crippen molar-refractivity contribution in [2.75, 3.05) is 0 Å². The summed E-state index contributed by atoms with van der Waals surface area (Å²) < 4.78 is 12.7. The Morgan fingerprint density at radius 1 is 0.375 bits per heavy atom. The highest BCUT2D eigenvalue weighted by Crippen LogP contribution is 2.48. The highest BCUT2D eigenvalue weighted by Gasteiger charge is 2.30. The molecule has 10 aromatic rings. The van der Waals surface area contributed by atoms with Crippen molar-refractivity contribution >= 4 is 60.5 Å². The maximum absolute atomic E-state index is 6.45. The topological polar surface area (TPSA) is 26.3 Å². The van der Waals surface area contributed by atoms with Crippen LogP contribution in [0.5, 0.6) is 0 Å². The molecule has 0 saturated heterocycles. The Kier molecular flexibility index (Phi) is 6.79. The molecule has 2 nitrogen and oxygen atoms in total. The van der Waals surface area contributed by atoms with Crippen LogP contribution in [0.25, 0.3) is 105 Å². The van der Waals surface area contributed by atoms with Crippen molar-refractivity contribution in [3.8, 4) is 44.5 Å². The normalized spacial score (nSPS) is 16.0. The van der Waals surface area contributed by atoms with Crippen LogP contribution in [0.15, 0.2) is 197 Å². The summed E-state index contributed by atoms with van der Waals surface area (Å²) in [5.74, 6) is 1.60. The standard InChI is InChI=1S/C54H34O2/c1-2-15-38-33(12-1)30-31-49-54(38)53-39(21-10-25-48(53)56-49)34-26-28-35(29-27-34)50-41-16-3-5-18-43(41)51(44-19-6-4-17-42(44)50)37-14-9-13-36(32-37)40-22-11-24-47-52(40)45-20-7-8-23-46(45)55-47/h1-33,38H. The van der Waals surface area contributed by atoms with E-state index >= 15 is 0 Å². The lowest BCUT2D eigenvalue weighted by atomic mass is 9.77. The zero-order valence-electron chi connectivity index (χ0n) is 30.4. The van der Waals surface area contributed by atoms with E-state index in [-0.39, 0.29) is 5.92 Å². The summed E-state index contributed by atoms with van der Waals surface area (Å²) in [5.41, 5.74) is 13.7. The molecular formula is C54H34O2. The molecule has 2 heterocycles. The number of rotatable bonds is 4. The predicted molar refractivity (Wildman–Crippen MR) is 234 cm³/mol. The van der Waals surface area contributed by atoms with Crippen LogP contribution in [-0.4, -0.2) is 0 Å². The van der Waals surface area contributed by atoms with Gasteiger partial charge in [-0.2, -0.15) is 0 Å². The van der Waals surface area contributed by atoms with E-state index in [4.69, 9.17) is 8.83 Å². The fraction of sp³-hybridized carbons (Fsp3) is 0.0370. The van der Waals surface area contributed by atoms with E-state index in [1.54, 1.807) is 0 Å². The molecule has 2 aromatic heterocycles. The molecule has 0 fully saturated rings. The van der Waals surface area contributed by atoms with E-state index in [1.807, 2.05) is 12.1 Å². The van der Waals surface area contributed by atoms with E-state index in [0.717, 1.165) is 33.3 Å². The van der Waals surface area contributed by atoms with E-state index in [2.05, 4.69) is 182 Å². The predicted octanol–water partition coefficient (Wildman–Crippen LogP) is 15.2. The number of hydrogen-bond acceptors (Lipinski definition) is 2. The second-order valence-corrected chi connectivity index (χ2v) is 15.1. The molecular weight excluding hydrogens is 681 g/mol. The van der Waals surface area contributed by atoms with Gasteiger partial charge in [0.05, 0.1) is 0 Å². The Morgan fingerprint density at radius 3 is 1.66 bits per heavy atom. The Morgan fingerprint density at radius 2 is 0.929 bits per heavy atom. The molecule has 2 heteroatoms.